The van der Waals surface area contributed by atoms with Crippen LogP contribution in [0.2, 0.25) is 0 Å². The van der Waals surface area contributed by atoms with E-state index in [4.69, 9.17) is 4.74 Å². The minimum Gasteiger partial charge on any atom is -0.466 e. The highest BCUT2D eigenvalue weighted by molar-refractivity contribution is 5.98. The van der Waals surface area contributed by atoms with E-state index in [1.165, 1.54) is 0 Å². The summed E-state index contributed by atoms with van der Waals surface area (Å²) in [6, 6.07) is 3.83. The molecule has 4 heteroatoms. The quantitative estimate of drug-likeness (QED) is 0.544. The van der Waals surface area contributed by atoms with E-state index >= 15 is 0 Å². The van der Waals surface area contributed by atoms with E-state index < -0.39 is 5.97 Å². The number of hydrogen-bond donors (Lipinski definition) is 0. The zero-order valence-electron chi connectivity index (χ0n) is 13.4. The lowest BCUT2D eigenvalue weighted by molar-refractivity contribution is -0.145. The summed E-state index contributed by atoms with van der Waals surface area (Å²) in [6.07, 6.45) is 3.22. The van der Waals surface area contributed by atoms with E-state index in [1.807, 2.05) is 19.1 Å². The highest BCUT2D eigenvalue weighted by atomic mass is 16.5. The molecule has 4 nitrogen and oxygen atoms in total. The van der Waals surface area contributed by atoms with Gasteiger partial charge in [-0.05, 0) is 44.2 Å². The van der Waals surface area contributed by atoms with Crippen molar-refractivity contribution in [2.45, 2.75) is 52.9 Å². The number of Topliss-reactive ketones (excluding diaryl/α,β-unsaturated/α-hetero) is 1. The summed E-state index contributed by atoms with van der Waals surface area (Å²) in [5.41, 5.74) is 1.80. The standard InChI is InChI=1S/C17H25NO3/c1-5-21-17(20)10-16(19)14(8-6-12(2)3)15-9-7-13(4)11-18-15/h7,9,11-12,14H,5-6,8,10H2,1-4H3. The third kappa shape index (κ3) is 6.06. The van der Waals surface area contributed by atoms with Crippen LogP contribution in [0.15, 0.2) is 18.3 Å². The lowest BCUT2D eigenvalue weighted by atomic mass is 9.89. The van der Waals surface area contributed by atoms with Gasteiger partial charge in [0.2, 0.25) is 0 Å². The Morgan fingerprint density at radius 1 is 1.24 bits per heavy atom. The summed E-state index contributed by atoms with van der Waals surface area (Å²) in [5, 5.41) is 0. The van der Waals surface area contributed by atoms with Crippen LogP contribution in [-0.2, 0) is 14.3 Å². The fourth-order valence-corrected chi connectivity index (χ4v) is 2.14. The third-order valence-corrected chi connectivity index (χ3v) is 3.34. The maximum absolute atomic E-state index is 12.4. The number of pyridine rings is 1. The lowest BCUT2D eigenvalue weighted by Crippen LogP contribution is -2.19. The molecule has 1 unspecified atom stereocenters. The molecule has 21 heavy (non-hydrogen) atoms. The molecule has 0 spiro atoms. The van der Waals surface area contributed by atoms with Crippen molar-refractivity contribution in [1.29, 1.82) is 0 Å². The molecule has 0 saturated heterocycles. The molecule has 1 heterocycles. The van der Waals surface area contributed by atoms with Crippen molar-refractivity contribution in [2.75, 3.05) is 6.61 Å². The first-order valence-electron chi connectivity index (χ1n) is 7.54. The monoisotopic (exact) mass is 291 g/mol. The average molecular weight is 291 g/mol. The molecule has 1 aromatic heterocycles. The molecule has 1 rings (SSSR count). The van der Waals surface area contributed by atoms with Crippen molar-refractivity contribution in [3.05, 3.63) is 29.6 Å². The Labute approximate surface area is 126 Å². The Morgan fingerprint density at radius 2 is 1.95 bits per heavy atom. The van der Waals surface area contributed by atoms with Crippen LogP contribution in [0, 0.1) is 12.8 Å². The normalized spacial score (nSPS) is 12.2. The van der Waals surface area contributed by atoms with Crippen molar-refractivity contribution in [1.82, 2.24) is 4.98 Å². The lowest BCUT2D eigenvalue weighted by Gasteiger charge is -2.16. The van der Waals surface area contributed by atoms with Crippen molar-refractivity contribution in [2.24, 2.45) is 5.92 Å². The highest BCUT2D eigenvalue weighted by Crippen LogP contribution is 2.24. The zero-order valence-corrected chi connectivity index (χ0v) is 13.4. The first-order valence-corrected chi connectivity index (χ1v) is 7.54. The number of esters is 1. The van der Waals surface area contributed by atoms with Gasteiger partial charge in [0.15, 0.2) is 5.78 Å². The Kier molecular flexibility index (Phi) is 7.06. The van der Waals surface area contributed by atoms with Gasteiger partial charge in [0.05, 0.1) is 18.2 Å². The molecule has 0 saturated carbocycles. The largest absolute Gasteiger partial charge is 0.466 e. The van der Waals surface area contributed by atoms with Crippen LogP contribution in [0.25, 0.3) is 0 Å². The van der Waals surface area contributed by atoms with Gasteiger partial charge in [-0.1, -0.05) is 19.9 Å². The van der Waals surface area contributed by atoms with Crippen molar-refractivity contribution < 1.29 is 14.3 Å². The molecule has 0 bridgehead atoms. The van der Waals surface area contributed by atoms with E-state index in [-0.39, 0.29) is 18.1 Å². The molecular weight excluding hydrogens is 266 g/mol. The summed E-state index contributed by atoms with van der Waals surface area (Å²) >= 11 is 0. The van der Waals surface area contributed by atoms with Crippen LogP contribution >= 0.6 is 0 Å². The van der Waals surface area contributed by atoms with Gasteiger partial charge in [0.1, 0.15) is 6.42 Å². The number of nitrogens with zero attached hydrogens (tertiary/aromatic N) is 1. The number of ether oxygens (including phenoxy) is 1. The van der Waals surface area contributed by atoms with Gasteiger partial charge in [-0.2, -0.15) is 0 Å². The molecule has 0 amide bonds. The van der Waals surface area contributed by atoms with Crippen LogP contribution in [0.4, 0.5) is 0 Å². The van der Waals surface area contributed by atoms with Crippen molar-refractivity contribution in [3.63, 3.8) is 0 Å². The van der Waals surface area contributed by atoms with E-state index in [0.29, 0.717) is 18.9 Å². The molecule has 0 aliphatic heterocycles. The predicted octanol–water partition coefficient (Wildman–Crippen LogP) is 3.43. The number of aryl methyl sites for hydroxylation is 1. The molecule has 0 aromatic carbocycles. The maximum atomic E-state index is 12.4. The minimum atomic E-state index is -0.454. The number of rotatable bonds is 8. The molecule has 116 valence electrons. The second-order valence-corrected chi connectivity index (χ2v) is 5.73. The van der Waals surface area contributed by atoms with Gasteiger partial charge in [-0.15, -0.1) is 0 Å². The number of carbonyl (C=O) groups is 2. The number of hydrogen-bond acceptors (Lipinski definition) is 4. The van der Waals surface area contributed by atoms with Gasteiger partial charge >= 0.3 is 5.97 Å². The zero-order chi connectivity index (χ0) is 15.8. The Morgan fingerprint density at radius 3 is 2.48 bits per heavy atom. The number of carbonyl (C=O) groups excluding carboxylic acids is 2. The van der Waals surface area contributed by atoms with Crippen LogP contribution in [-0.4, -0.2) is 23.3 Å². The second kappa shape index (κ2) is 8.55. The predicted molar refractivity (Wildman–Crippen MR) is 82.0 cm³/mol. The fourth-order valence-electron chi connectivity index (χ4n) is 2.14. The van der Waals surface area contributed by atoms with E-state index in [0.717, 1.165) is 17.7 Å². The summed E-state index contributed by atoms with van der Waals surface area (Å²) in [7, 11) is 0. The van der Waals surface area contributed by atoms with Gasteiger partial charge in [0.25, 0.3) is 0 Å². The minimum absolute atomic E-state index is 0.106. The summed E-state index contributed by atoms with van der Waals surface area (Å²) in [4.78, 5) is 28.3. The highest BCUT2D eigenvalue weighted by Gasteiger charge is 2.24. The molecule has 0 radical (unpaired) electrons. The first-order chi connectivity index (χ1) is 9.93. The SMILES string of the molecule is CCOC(=O)CC(=O)C(CCC(C)C)c1ccc(C)cn1. The topological polar surface area (TPSA) is 56.3 Å². The first kappa shape index (κ1) is 17.3. The summed E-state index contributed by atoms with van der Waals surface area (Å²) in [6.45, 7) is 8.23. The van der Waals surface area contributed by atoms with E-state index in [9.17, 15) is 9.59 Å². The van der Waals surface area contributed by atoms with E-state index in [2.05, 4.69) is 18.8 Å². The summed E-state index contributed by atoms with van der Waals surface area (Å²) in [5.74, 6) is -0.375. The Hall–Kier alpha value is -1.71. The Balaban J connectivity index is 2.83. The molecule has 0 fully saturated rings. The van der Waals surface area contributed by atoms with Gasteiger partial charge < -0.3 is 4.74 Å². The third-order valence-electron chi connectivity index (χ3n) is 3.34. The van der Waals surface area contributed by atoms with Crippen LogP contribution < -0.4 is 0 Å². The Bertz CT molecular complexity index is 465. The molecule has 1 aromatic rings. The van der Waals surface area contributed by atoms with Crippen molar-refractivity contribution >= 4 is 11.8 Å². The average Bonchev–Trinajstić information content (AvgIpc) is 2.40. The second-order valence-electron chi connectivity index (χ2n) is 5.73. The van der Waals surface area contributed by atoms with Crippen molar-refractivity contribution in [3.8, 4) is 0 Å². The number of ketones is 1. The molecule has 0 aliphatic rings. The smallest absolute Gasteiger partial charge is 0.313 e. The van der Waals surface area contributed by atoms with Crippen LogP contribution in [0.1, 0.15) is 57.2 Å². The van der Waals surface area contributed by atoms with Gasteiger partial charge in [-0.25, -0.2) is 0 Å². The summed E-state index contributed by atoms with van der Waals surface area (Å²) < 4.78 is 4.86. The maximum Gasteiger partial charge on any atom is 0.313 e. The van der Waals surface area contributed by atoms with Gasteiger partial charge in [0, 0.05) is 6.20 Å². The fraction of sp³-hybridized carbons (Fsp3) is 0.588. The van der Waals surface area contributed by atoms with Crippen LogP contribution in [0.3, 0.4) is 0 Å². The number of aromatic nitrogens is 1. The van der Waals surface area contributed by atoms with Crippen LogP contribution in [0.5, 0.6) is 0 Å². The van der Waals surface area contributed by atoms with E-state index in [1.54, 1.807) is 13.1 Å². The molecular formula is C17H25NO3. The molecule has 0 N–H and O–H groups in total. The molecule has 0 aliphatic carbocycles. The molecule has 1 atom stereocenters. The van der Waals surface area contributed by atoms with Gasteiger partial charge in [-0.3, -0.25) is 14.6 Å².